The lowest BCUT2D eigenvalue weighted by atomic mass is 9.79. The lowest BCUT2D eigenvalue weighted by molar-refractivity contribution is -0.227. The number of ether oxygens (including phenoxy) is 2. The van der Waals surface area contributed by atoms with Crippen molar-refractivity contribution in [1.29, 1.82) is 0 Å². The smallest absolute Gasteiger partial charge is 0.175 e. The first-order valence-electron chi connectivity index (χ1n) is 20.8. The maximum atomic E-state index is 7.00. The van der Waals surface area contributed by atoms with Crippen molar-refractivity contribution < 1.29 is 9.47 Å². The van der Waals surface area contributed by atoms with E-state index in [-0.39, 0.29) is 11.8 Å². The van der Waals surface area contributed by atoms with E-state index in [9.17, 15) is 0 Å². The van der Waals surface area contributed by atoms with Crippen LogP contribution in [-0.4, -0.2) is 19.0 Å². The summed E-state index contributed by atoms with van der Waals surface area (Å²) in [6.45, 7) is 10.0. The van der Waals surface area contributed by atoms with Gasteiger partial charge in [-0.05, 0) is 146 Å². The number of hydrogen-bond donors (Lipinski definition) is 0. The average Bonchev–Trinajstić information content (AvgIpc) is 3.69. The zero-order chi connectivity index (χ0) is 40.3. The Kier molecular flexibility index (Phi) is 10.6. The molecule has 0 atom stereocenters. The van der Waals surface area contributed by atoms with Crippen LogP contribution < -0.4 is 0 Å². The van der Waals surface area contributed by atoms with Gasteiger partial charge in [-0.2, -0.15) is 0 Å². The van der Waals surface area contributed by atoms with E-state index in [2.05, 4.69) is 124 Å². The zero-order valence-electron chi connectivity index (χ0n) is 34.3. The van der Waals surface area contributed by atoms with Gasteiger partial charge in [0.2, 0.25) is 0 Å². The highest BCUT2D eigenvalue weighted by molar-refractivity contribution is 5.67. The molecule has 1 aliphatic heterocycles. The van der Waals surface area contributed by atoms with E-state index in [4.69, 9.17) is 9.47 Å². The van der Waals surface area contributed by atoms with E-state index in [1.165, 1.54) is 44.5 Å². The normalized spacial score (nSPS) is 16.9. The van der Waals surface area contributed by atoms with Crippen LogP contribution in [0.5, 0.6) is 0 Å². The van der Waals surface area contributed by atoms with Gasteiger partial charge in [0.25, 0.3) is 0 Å². The van der Waals surface area contributed by atoms with E-state index in [1.807, 2.05) is 72.8 Å². The first-order valence-corrected chi connectivity index (χ1v) is 20.8. The average molecular weight is 763 g/mol. The standard InChI is InChI=1S/C57H46O2/c1-39-40(2)50(30-26-44-19-11-6-12-20-44)54-36-48-38-56-52(32-28-46-23-15-8-16-24-46)42(4)41(3)51(31-27-45-21-13-7-14-22-45)55(56)37-47(57(48)58-33-34-59-57)35-53(54)49(39)29-25-43-17-9-5-10-18-43/h5-24,47-48H,33-38H2,1-4H3. The van der Waals surface area contributed by atoms with Crippen LogP contribution in [0.25, 0.3) is 0 Å². The second-order valence-corrected chi connectivity index (χ2v) is 16.0. The van der Waals surface area contributed by atoms with Crippen molar-refractivity contribution in [3.05, 3.63) is 210 Å². The van der Waals surface area contributed by atoms with Gasteiger partial charge >= 0.3 is 0 Å². The SMILES string of the molecule is Cc1c(C)c(C#Cc2ccccc2)c2c(c1C#Cc1ccccc1)CC1Cc3c(C#Cc4ccccc4)c(C)c(C)c(C#Cc4ccccc4)c3CC(C2)C12OCCO2. The summed E-state index contributed by atoms with van der Waals surface area (Å²) in [6.07, 6.45) is 2.98. The van der Waals surface area contributed by atoms with Crippen molar-refractivity contribution >= 4 is 0 Å². The van der Waals surface area contributed by atoms with Gasteiger partial charge in [0, 0.05) is 56.3 Å². The molecule has 286 valence electrons. The maximum Gasteiger partial charge on any atom is 0.175 e. The van der Waals surface area contributed by atoms with E-state index < -0.39 is 5.79 Å². The van der Waals surface area contributed by atoms with Crippen molar-refractivity contribution in [2.24, 2.45) is 11.8 Å². The van der Waals surface area contributed by atoms with Crippen LogP contribution in [-0.2, 0) is 35.2 Å². The van der Waals surface area contributed by atoms with Gasteiger partial charge in [0.05, 0.1) is 13.2 Å². The quantitative estimate of drug-likeness (QED) is 0.144. The molecule has 3 aliphatic rings. The molecule has 0 unspecified atom stereocenters. The lowest BCUT2D eigenvalue weighted by Crippen LogP contribution is -2.47. The van der Waals surface area contributed by atoms with Gasteiger partial charge < -0.3 is 9.47 Å². The van der Waals surface area contributed by atoms with Gasteiger partial charge in [0.15, 0.2) is 5.79 Å². The highest BCUT2D eigenvalue weighted by Gasteiger charge is 2.54. The molecule has 2 bridgehead atoms. The summed E-state index contributed by atoms with van der Waals surface area (Å²) in [7, 11) is 0. The molecule has 6 aromatic carbocycles. The van der Waals surface area contributed by atoms with Crippen molar-refractivity contribution in [1.82, 2.24) is 0 Å². The molecule has 2 nitrogen and oxygen atoms in total. The van der Waals surface area contributed by atoms with E-state index >= 15 is 0 Å². The summed E-state index contributed by atoms with van der Waals surface area (Å²) in [5.41, 5.74) is 18.2. The van der Waals surface area contributed by atoms with Gasteiger partial charge in [-0.3, -0.25) is 0 Å². The molecule has 0 radical (unpaired) electrons. The summed E-state index contributed by atoms with van der Waals surface area (Å²) >= 11 is 0. The third-order valence-electron chi connectivity index (χ3n) is 12.7. The number of hydrogen-bond acceptors (Lipinski definition) is 2. The highest BCUT2D eigenvalue weighted by atomic mass is 16.7. The minimum absolute atomic E-state index is 0.00104. The van der Waals surface area contributed by atoms with Crippen LogP contribution in [0.1, 0.15) is 89.0 Å². The van der Waals surface area contributed by atoms with Gasteiger partial charge in [-0.1, -0.05) is 120 Å². The molecule has 59 heavy (non-hydrogen) atoms. The topological polar surface area (TPSA) is 18.5 Å². The van der Waals surface area contributed by atoms with Crippen molar-refractivity contribution in [3.8, 4) is 47.4 Å². The van der Waals surface area contributed by atoms with Crippen LogP contribution >= 0.6 is 0 Å². The number of fused-ring (bicyclic) bond motifs is 2. The summed E-state index contributed by atoms with van der Waals surface area (Å²) in [4.78, 5) is 0. The molecule has 2 aliphatic carbocycles. The third-order valence-corrected chi connectivity index (χ3v) is 12.7. The second kappa shape index (κ2) is 16.4. The van der Waals surface area contributed by atoms with E-state index in [1.54, 1.807) is 0 Å². The fraction of sp³-hybridized carbons (Fsp3) is 0.228. The van der Waals surface area contributed by atoms with Gasteiger partial charge in [0.1, 0.15) is 0 Å². The molecule has 2 heteroatoms. The third kappa shape index (κ3) is 7.40. The largest absolute Gasteiger partial charge is 0.347 e. The molecule has 0 aromatic heterocycles. The monoisotopic (exact) mass is 762 g/mol. The molecule has 1 saturated heterocycles. The molecule has 1 spiro atoms. The minimum atomic E-state index is -0.788. The summed E-state index contributed by atoms with van der Waals surface area (Å²) in [6, 6.07) is 41.2. The molecule has 0 saturated carbocycles. The summed E-state index contributed by atoms with van der Waals surface area (Å²) in [5.74, 6) is 28.2. The molecular weight excluding hydrogens is 717 g/mol. The van der Waals surface area contributed by atoms with E-state index in [0.717, 1.165) is 70.2 Å². The Labute approximate surface area is 350 Å². The predicted molar refractivity (Wildman–Crippen MR) is 238 cm³/mol. The Morgan fingerprint density at radius 3 is 0.831 bits per heavy atom. The van der Waals surface area contributed by atoms with Crippen LogP contribution in [0, 0.1) is 86.9 Å². The fourth-order valence-electron chi connectivity index (χ4n) is 9.41. The van der Waals surface area contributed by atoms with Crippen LogP contribution in [0.2, 0.25) is 0 Å². The Hall–Kier alpha value is -6.52. The number of rotatable bonds is 0. The molecule has 0 amide bonds. The van der Waals surface area contributed by atoms with Crippen LogP contribution in [0.3, 0.4) is 0 Å². The Morgan fingerprint density at radius 2 is 0.593 bits per heavy atom. The Morgan fingerprint density at radius 1 is 0.356 bits per heavy atom. The molecule has 6 aromatic rings. The molecule has 1 heterocycles. The minimum Gasteiger partial charge on any atom is -0.347 e. The Bertz CT molecular complexity index is 2440. The first kappa shape index (κ1) is 38.0. The fourth-order valence-corrected chi connectivity index (χ4v) is 9.41. The lowest BCUT2D eigenvalue weighted by Gasteiger charge is -2.38. The summed E-state index contributed by atoms with van der Waals surface area (Å²) < 4.78 is 14.0. The van der Waals surface area contributed by atoms with Gasteiger partial charge in [-0.25, -0.2) is 0 Å². The number of benzene rings is 6. The van der Waals surface area contributed by atoms with Crippen molar-refractivity contribution in [3.63, 3.8) is 0 Å². The van der Waals surface area contributed by atoms with E-state index in [0.29, 0.717) is 13.2 Å². The van der Waals surface area contributed by atoms with Gasteiger partial charge in [-0.15, -0.1) is 0 Å². The Balaban J connectivity index is 1.28. The maximum absolute atomic E-state index is 7.00. The summed E-state index contributed by atoms with van der Waals surface area (Å²) in [5, 5.41) is 0. The molecule has 9 rings (SSSR count). The molecular formula is C57H46O2. The molecule has 1 fully saturated rings. The van der Waals surface area contributed by atoms with Crippen LogP contribution in [0.15, 0.2) is 121 Å². The second-order valence-electron chi connectivity index (χ2n) is 16.0. The van der Waals surface area contributed by atoms with Crippen molar-refractivity contribution in [2.75, 3.05) is 13.2 Å². The van der Waals surface area contributed by atoms with Crippen LogP contribution in [0.4, 0.5) is 0 Å². The predicted octanol–water partition coefficient (Wildman–Crippen LogP) is 10.4. The molecule has 0 N–H and O–H groups in total. The first-order chi connectivity index (χ1) is 28.9. The zero-order valence-corrected chi connectivity index (χ0v) is 34.3. The highest BCUT2D eigenvalue weighted by Crippen LogP contribution is 2.51. The van der Waals surface area contributed by atoms with Crippen molar-refractivity contribution in [2.45, 2.75) is 59.2 Å².